The molecular weight excluding hydrogens is 637 g/mol. The van der Waals surface area contributed by atoms with Crippen LogP contribution in [-0.4, -0.2) is 19.1 Å². The average molecular weight is 679 g/mol. The van der Waals surface area contributed by atoms with Crippen molar-refractivity contribution in [2.75, 3.05) is 0 Å². The van der Waals surface area contributed by atoms with Gasteiger partial charge in [-0.1, -0.05) is 148 Å². The lowest BCUT2D eigenvalue weighted by Crippen LogP contribution is -2.16. The van der Waals surface area contributed by atoms with Gasteiger partial charge in [0.05, 0.1) is 5.56 Å². The molecule has 6 rings (SSSR count). The molecule has 0 heterocycles. The average Bonchev–Trinajstić information content (AvgIpc) is 3.13. The molecule has 0 aliphatic rings. The number of rotatable bonds is 7. The van der Waals surface area contributed by atoms with Crippen LogP contribution < -0.4 is 0 Å². The molecule has 0 spiro atoms. The van der Waals surface area contributed by atoms with E-state index in [-0.39, 0.29) is 5.56 Å². The van der Waals surface area contributed by atoms with E-state index < -0.39 is 14.0 Å². The Morgan fingerprint density at radius 2 is 1.16 bits per heavy atom. The molecule has 0 aliphatic heterocycles. The highest BCUT2D eigenvalue weighted by Crippen LogP contribution is 2.35. The molecule has 0 aromatic heterocycles. The Bertz CT molecular complexity index is 2360. The number of unbranched alkanes of at least 4 members (excludes halogenated alkanes) is 4. The molecule has 0 fully saturated rings. The molecule has 0 unspecified atom stereocenters. The minimum Gasteiger partial charge on any atom is -0.478 e. The van der Waals surface area contributed by atoms with Crippen molar-refractivity contribution in [3.05, 3.63) is 143 Å². The lowest BCUT2D eigenvalue weighted by Gasteiger charge is -2.14. The molecule has 0 aliphatic carbocycles. The fourth-order valence-corrected chi connectivity index (χ4v) is 6.73. The number of benzene rings is 6. The van der Waals surface area contributed by atoms with E-state index in [4.69, 9.17) is 0 Å². The van der Waals surface area contributed by atoms with Gasteiger partial charge in [-0.05, 0) is 92.7 Å². The summed E-state index contributed by atoms with van der Waals surface area (Å²) in [7, 11) is -1.53. The van der Waals surface area contributed by atoms with Gasteiger partial charge in [-0.15, -0.1) is 5.54 Å². The first kappa shape index (κ1) is 35.0. The van der Waals surface area contributed by atoms with Gasteiger partial charge in [-0.25, -0.2) is 4.79 Å². The van der Waals surface area contributed by atoms with Crippen molar-refractivity contribution in [2.24, 2.45) is 0 Å². The Labute approximate surface area is 303 Å². The van der Waals surface area contributed by atoms with E-state index in [9.17, 15) is 9.90 Å². The van der Waals surface area contributed by atoms with Gasteiger partial charge in [-0.2, -0.15) is 0 Å². The third-order valence-corrected chi connectivity index (χ3v) is 9.69. The van der Waals surface area contributed by atoms with Crippen LogP contribution in [0, 0.1) is 35.1 Å². The van der Waals surface area contributed by atoms with Crippen molar-refractivity contribution in [3.63, 3.8) is 0 Å². The number of hydrogen-bond donors (Lipinski definition) is 1. The van der Waals surface area contributed by atoms with Crippen molar-refractivity contribution in [3.8, 4) is 57.4 Å². The maximum atomic E-state index is 13.0. The summed E-state index contributed by atoms with van der Waals surface area (Å²) in [5.74, 6) is 15.9. The normalized spacial score (nSPS) is 10.8. The van der Waals surface area contributed by atoms with E-state index in [0.29, 0.717) is 11.1 Å². The first-order valence-electron chi connectivity index (χ1n) is 17.8. The third-order valence-electron chi connectivity index (χ3n) is 8.82. The molecule has 2 nitrogen and oxygen atoms in total. The van der Waals surface area contributed by atoms with Crippen LogP contribution in [0.5, 0.6) is 0 Å². The van der Waals surface area contributed by atoms with Crippen LogP contribution >= 0.6 is 0 Å². The molecule has 3 heteroatoms. The van der Waals surface area contributed by atoms with Crippen LogP contribution in [-0.2, 0) is 0 Å². The zero-order valence-electron chi connectivity index (χ0n) is 29.9. The number of carboxylic acids is 1. The predicted octanol–water partition coefficient (Wildman–Crippen LogP) is 12.0. The summed E-state index contributed by atoms with van der Waals surface area (Å²) in [5.41, 5.74) is 10.2. The molecule has 51 heavy (non-hydrogen) atoms. The van der Waals surface area contributed by atoms with E-state index >= 15 is 0 Å². The fraction of sp³-hybridized carbons (Fsp3) is 0.188. The molecule has 0 saturated carbocycles. The summed E-state index contributed by atoms with van der Waals surface area (Å²) in [6, 6.07) is 38.5. The Morgan fingerprint density at radius 1 is 0.608 bits per heavy atom. The molecule has 250 valence electrons. The zero-order chi connectivity index (χ0) is 35.8. The van der Waals surface area contributed by atoms with Crippen molar-refractivity contribution in [1.29, 1.82) is 0 Å². The van der Waals surface area contributed by atoms with E-state index in [1.54, 1.807) is 0 Å². The van der Waals surface area contributed by atoms with Crippen LogP contribution in [0.4, 0.5) is 0 Å². The highest BCUT2D eigenvalue weighted by Gasteiger charge is 2.20. The van der Waals surface area contributed by atoms with E-state index in [1.807, 2.05) is 72.8 Å². The van der Waals surface area contributed by atoms with E-state index in [2.05, 4.69) is 104 Å². The van der Waals surface area contributed by atoms with Crippen molar-refractivity contribution in [1.82, 2.24) is 0 Å². The first-order chi connectivity index (χ1) is 24.7. The minimum atomic E-state index is -1.53. The maximum absolute atomic E-state index is 13.0. The lowest BCUT2D eigenvalue weighted by atomic mass is 9.89. The van der Waals surface area contributed by atoms with Gasteiger partial charge in [0, 0.05) is 28.7 Å². The molecule has 0 saturated heterocycles. The third kappa shape index (κ3) is 8.69. The Balaban J connectivity index is 1.40. The van der Waals surface area contributed by atoms with Crippen LogP contribution in [0.25, 0.3) is 43.8 Å². The fourth-order valence-electron chi connectivity index (χ4n) is 6.21. The van der Waals surface area contributed by atoms with Crippen LogP contribution in [0.2, 0.25) is 19.6 Å². The van der Waals surface area contributed by atoms with Gasteiger partial charge in [0.25, 0.3) is 0 Å². The van der Waals surface area contributed by atoms with Crippen LogP contribution in [0.15, 0.2) is 115 Å². The van der Waals surface area contributed by atoms with Gasteiger partial charge >= 0.3 is 5.97 Å². The standard InChI is InChI=1S/C48H42O2Si/c1-5-6-7-8-9-10-15-37-32-45(47(48(49)50)46(33-37)39-27-22-36(23-28-39)30-31-51(2,3)4)38-25-20-35(21-26-38)24-29-44-42-18-13-11-16-40(42)34-41-17-12-14-19-43(41)44/h11-14,16-23,25-28,32-34H,5-9H2,1-4H3,(H,49,50). The topological polar surface area (TPSA) is 37.3 Å². The van der Waals surface area contributed by atoms with E-state index in [1.165, 1.54) is 19.3 Å². The van der Waals surface area contributed by atoms with E-state index in [0.717, 1.165) is 67.8 Å². The highest BCUT2D eigenvalue weighted by atomic mass is 28.3. The molecule has 0 atom stereocenters. The van der Waals surface area contributed by atoms with Gasteiger partial charge in [0.1, 0.15) is 8.07 Å². The first-order valence-corrected chi connectivity index (χ1v) is 21.3. The summed E-state index contributed by atoms with van der Waals surface area (Å²) in [6.45, 7) is 8.86. The summed E-state index contributed by atoms with van der Waals surface area (Å²) >= 11 is 0. The number of carboxylic acid groups (broad SMARTS) is 1. The van der Waals surface area contributed by atoms with Gasteiger partial charge in [0.15, 0.2) is 0 Å². The molecule has 6 aromatic carbocycles. The maximum Gasteiger partial charge on any atom is 0.336 e. The molecule has 0 bridgehead atoms. The van der Waals surface area contributed by atoms with Gasteiger partial charge in [-0.3, -0.25) is 0 Å². The van der Waals surface area contributed by atoms with Crippen LogP contribution in [0.1, 0.15) is 71.6 Å². The molecule has 0 amide bonds. The number of aromatic carboxylic acids is 1. The second-order valence-electron chi connectivity index (χ2n) is 14.0. The van der Waals surface area contributed by atoms with Gasteiger partial charge in [0.2, 0.25) is 0 Å². The van der Waals surface area contributed by atoms with Crippen molar-refractivity contribution in [2.45, 2.75) is 58.7 Å². The summed E-state index contributed by atoms with van der Waals surface area (Å²) in [4.78, 5) is 13.0. The zero-order valence-corrected chi connectivity index (χ0v) is 30.9. The largest absolute Gasteiger partial charge is 0.478 e. The molecule has 1 N–H and O–H groups in total. The molecule has 0 radical (unpaired) electrons. The van der Waals surface area contributed by atoms with Crippen molar-refractivity contribution < 1.29 is 9.90 Å². The molecular formula is C48H42O2Si. The number of fused-ring (bicyclic) bond motifs is 2. The smallest absolute Gasteiger partial charge is 0.336 e. The second kappa shape index (κ2) is 15.8. The van der Waals surface area contributed by atoms with Crippen molar-refractivity contribution >= 4 is 35.6 Å². The lowest BCUT2D eigenvalue weighted by molar-refractivity contribution is 0.0698. The Hall–Kier alpha value is -5.79. The summed E-state index contributed by atoms with van der Waals surface area (Å²) in [6.07, 6.45) is 5.43. The highest BCUT2D eigenvalue weighted by molar-refractivity contribution is 6.83. The molecule has 6 aromatic rings. The summed E-state index contributed by atoms with van der Waals surface area (Å²) < 4.78 is 0. The summed E-state index contributed by atoms with van der Waals surface area (Å²) in [5, 5.41) is 15.2. The number of hydrogen-bond acceptors (Lipinski definition) is 1. The van der Waals surface area contributed by atoms with Gasteiger partial charge < -0.3 is 5.11 Å². The quantitative estimate of drug-likeness (QED) is 0.0790. The number of carbonyl (C=O) groups is 1. The Kier molecular flexibility index (Phi) is 10.9. The minimum absolute atomic E-state index is 0.255. The second-order valence-corrected chi connectivity index (χ2v) is 18.7. The van der Waals surface area contributed by atoms with Crippen LogP contribution in [0.3, 0.4) is 0 Å². The Morgan fingerprint density at radius 3 is 1.69 bits per heavy atom. The predicted molar refractivity (Wildman–Crippen MR) is 218 cm³/mol. The SMILES string of the molecule is CCCCCCC#Cc1cc(-c2ccc(C#Cc3c4ccccc4cc4ccccc34)cc2)c(C(=O)O)c(-c2ccc(C#C[Si](C)(C)C)cc2)c1. The monoisotopic (exact) mass is 678 g/mol.